The van der Waals surface area contributed by atoms with E-state index in [0.29, 0.717) is 6.04 Å². The summed E-state index contributed by atoms with van der Waals surface area (Å²) in [4.78, 5) is 2.37. The van der Waals surface area contributed by atoms with Crippen molar-refractivity contribution in [3.05, 3.63) is 3.95 Å². The Hall–Kier alpha value is -0.420. The molecule has 1 aliphatic rings. The molecular formula is C8H13N3S2. The number of rotatable bonds is 2. The molecule has 0 aromatic carbocycles. The lowest BCUT2D eigenvalue weighted by Gasteiger charge is -2.21. The van der Waals surface area contributed by atoms with Crippen molar-refractivity contribution >= 4 is 28.7 Å². The van der Waals surface area contributed by atoms with Crippen LogP contribution >= 0.6 is 23.6 Å². The highest BCUT2D eigenvalue weighted by atomic mass is 32.1. The maximum Gasteiger partial charge on any atom is 0.207 e. The second-order valence-corrected chi connectivity index (χ2v) is 4.94. The average molecular weight is 215 g/mol. The SMILES string of the molecule is CCC1CCCN1c1n[nH]c(=S)s1. The van der Waals surface area contributed by atoms with Crippen molar-refractivity contribution < 1.29 is 0 Å². The third-order valence-electron chi connectivity index (χ3n) is 2.52. The van der Waals surface area contributed by atoms with Gasteiger partial charge >= 0.3 is 0 Å². The minimum atomic E-state index is 0.675. The molecule has 1 aromatic heterocycles. The van der Waals surface area contributed by atoms with Crippen LogP contribution in [-0.2, 0) is 0 Å². The molecule has 0 saturated carbocycles. The van der Waals surface area contributed by atoms with E-state index < -0.39 is 0 Å². The van der Waals surface area contributed by atoms with Crippen LogP contribution < -0.4 is 4.90 Å². The molecule has 13 heavy (non-hydrogen) atoms. The summed E-state index contributed by atoms with van der Waals surface area (Å²) in [5.74, 6) is 0. The molecule has 2 heterocycles. The van der Waals surface area contributed by atoms with Gasteiger partial charge in [0, 0.05) is 12.6 Å². The van der Waals surface area contributed by atoms with Gasteiger partial charge in [-0.15, -0.1) is 5.10 Å². The number of aromatic nitrogens is 2. The van der Waals surface area contributed by atoms with Crippen molar-refractivity contribution in [1.82, 2.24) is 10.2 Å². The van der Waals surface area contributed by atoms with E-state index >= 15 is 0 Å². The third kappa shape index (κ3) is 1.76. The number of nitrogens with one attached hydrogen (secondary N) is 1. The Morgan fingerprint density at radius 3 is 3.23 bits per heavy atom. The quantitative estimate of drug-likeness (QED) is 0.769. The Morgan fingerprint density at radius 1 is 1.77 bits per heavy atom. The predicted molar refractivity (Wildman–Crippen MR) is 58.0 cm³/mol. The van der Waals surface area contributed by atoms with E-state index in [9.17, 15) is 0 Å². The fraction of sp³-hybridized carbons (Fsp3) is 0.750. The first-order valence-corrected chi connectivity index (χ1v) is 5.86. The second kappa shape index (κ2) is 3.75. The Labute approximate surface area is 86.8 Å². The Bertz CT molecular complexity index is 330. The molecule has 1 saturated heterocycles. The van der Waals surface area contributed by atoms with Crippen molar-refractivity contribution in [3.8, 4) is 0 Å². The number of hydrogen-bond donors (Lipinski definition) is 1. The first-order valence-electron chi connectivity index (χ1n) is 4.63. The van der Waals surface area contributed by atoms with Gasteiger partial charge in [0.05, 0.1) is 0 Å². The topological polar surface area (TPSA) is 31.9 Å². The largest absolute Gasteiger partial charge is 0.344 e. The Kier molecular flexibility index (Phi) is 2.64. The minimum Gasteiger partial charge on any atom is -0.344 e. The standard InChI is InChI=1S/C8H13N3S2/c1-2-6-4-3-5-11(6)7-9-10-8(12)13-7/h6H,2-5H2,1H3,(H,10,12). The van der Waals surface area contributed by atoms with Crippen LogP contribution in [0, 0.1) is 3.95 Å². The summed E-state index contributed by atoms with van der Waals surface area (Å²) >= 11 is 6.60. The Balaban J connectivity index is 2.20. The van der Waals surface area contributed by atoms with Crippen LogP contribution in [0.4, 0.5) is 5.13 Å². The predicted octanol–water partition coefficient (Wildman–Crippen LogP) is 2.58. The van der Waals surface area contributed by atoms with Crippen LogP contribution in [0.25, 0.3) is 0 Å². The van der Waals surface area contributed by atoms with Crippen LogP contribution in [0.2, 0.25) is 0 Å². The van der Waals surface area contributed by atoms with Crippen molar-refractivity contribution in [2.24, 2.45) is 0 Å². The van der Waals surface area contributed by atoms with Crippen molar-refractivity contribution in [2.45, 2.75) is 32.2 Å². The molecule has 1 N–H and O–H groups in total. The molecule has 1 aliphatic heterocycles. The molecule has 0 bridgehead atoms. The monoisotopic (exact) mass is 215 g/mol. The zero-order valence-corrected chi connectivity index (χ0v) is 9.25. The summed E-state index contributed by atoms with van der Waals surface area (Å²) in [5, 5.41) is 8.11. The molecule has 5 heteroatoms. The summed E-state index contributed by atoms with van der Waals surface area (Å²) in [6.07, 6.45) is 3.78. The summed E-state index contributed by atoms with van der Waals surface area (Å²) < 4.78 is 0.775. The van der Waals surface area contributed by atoms with E-state index in [1.807, 2.05) is 0 Å². The van der Waals surface area contributed by atoms with Gasteiger partial charge in [0.2, 0.25) is 5.13 Å². The maximum absolute atomic E-state index is 5.02. The first kappa shape index (κ1) is 9.15. The highest BCUT2D eigenvalue weighted by molar-refractivity contribution is 7.73. The van der Waals surface area contributed by atoms with E-state index in [-0.39, 0.29) is 0 Å². The van der Waals surface area contributed by atoms with E-state index in [1.165, 1.54) is 19.3 Å². The molecule has 1 unspecified atom stereocenters. The van der Waals surface area contributed by atoms with Crippen LogP contribution in [0.1, 0.15) is 26.2 Å². The normalized spacial score (nSPS) is 22.5. The average Bonchev–Trinajstić information content (AvgIpc) is 2.71. The lowest BCUT2D eigenvalue weighted by Crippen LogP contribution is -2.28. The molecule has 1 aromatic rings. The van der Waals surface area contributed by atoms with Crippen LogP contribution in [0.5, 0.6) is 0 Å². The molecule has 1 atom stereocenters. The van der Waals surface area contributed by atoms with Gasteiger partial charge in [0.15, 0.2) is 3.95 Å². The summed E-state index contributed by atoms with van der Waals surface area (Å²) in [6.45, 7) is 3.36. The highest BCUT2D eigenvalue weighted by Crippen LogP contribution is 2.28. The summed E-state index contributed by atoms with van der Waals surface area (Å²) in [6, 6.07) is 0.675. The second-order valence-electron chi connectivity index (χ2n) is 3.29. The van der Waals surface area contributed by atoms with E-state index in [1.54, 1.807) is 11.3 Å². The van der Waals surface area contributed by atoms with Gasteiger partial charge < -0.3 is 4.90 Å². The van der Waals surface area contributed by atoms with Crippen molar-refractivity contribution in [2.75, 3.05) is 11.4 Å². The molecule has 0 spiro atoms. The number of H-pyrrole nitrogens is 1. The van der Waals surface area contributed by atoms with Crippen LogP contribution in [-0.4, -0.2) is 22.8 Å². The van der Waals surface area contributed by atoms with E-state index in [2.05, 4.69) is 22.0 Å². The first-order chi connectivity index (χ1) is 6.31. The van der Waals surface area contributed by atoms with Gasteiger partial charge in [-0.2, -0.15) is 0 Å². The van der Waals surface area contributed by atoms with Gasteiger partial charge in [0.25, 0.3) is 0 Å². The number of anilines is 1. The number of hydrogen-bond acceptors (Lipinski definition) is 4. The Morgan fingerprint density at radius 2 is 2.62 bits per heavy atom. The van der Waals surface area contributed by atoms with Gasteiger partial charge in [-0.25, -0.2) is 0 Å². The van der Waals surface area contributed by atoms with E-state index in [0.717, 1.165) is 15.6 Å². The zero-order chi connectivity index (χ0) is 9.26. The molecule has 72 valence electrons. The highest BCUT2D eigenvalue weighted by Gasteiger charge is 2.24. The minimum absolute atomic E-state index is 0.675. The third-order valence-corrected chi connectivity index (χ3v) is 3.65. The van der Waals surface area contributed by atoms with Crippen LogP contribution in [0.3, 0.4) is 0 Å². The molecule has 0 amide bonds. The summed E-state index contributed by atoms with van der Waals surface area (Å²) in [5.41, 5.74) is 0. The van der Waals surface area contributed by atoms with Gasteiger partial charge in [-0.1, -0.05) is 18.3 Å². The van der Waals surface area contributed by atoms with Crippen LogP contribution in [0.15, 0.2) is 0 Å². The fourth-order valence-electron chi connectivity index (χ4n) is 1.86. The number of nitrogens with zero attached hydrogens (tertiary/aromatic N) is 2. The zero-order valence-electron chi connectivity index (χ0n) is 7.62. The van der Waals surface area contributed by atoms with Gasteiger partial charge in [-0.3, -0.25) is 5.10 Å². The molecule has 0 aliphatic carbocycles. The fourth-order valence-corrected chi connectivity index (χ4v) is 2.83. The maximum atomic E-state index is 5.02. The molecule has 1 fully saturated rings. The van der Waals surface area contributed by atoms with Gasteiger partial charge in [-0.05, 0) is 31.5 Å². The molecule has 3 nitrogen and oxygen atoms in total. The van der Waals surface area contributed by atoms with Crippen molar-refractivity contribution in [1.29, 1.82) is 0 Å². The number of aromatic amines is 1. The molecule has 0 radical (unpaired) electrons. The van der Waals surface area contributed by atoms with E-state index in [4.69, 9.17) is 12.2 Å². The lowest BCUT2D eigenvalue weighted by molar-refractivity contribution is 0.642. The molecular weight excluding hydrogens is 202 g/mol. The molecule has 2 rings (SSSR count). The smallest absolute Gasteiger partial charge is 0.207 e. The summed E-state index contributed by atoms with van der Waals surface area (Å²) in [7, 11) is 0. The lowest BCUT2D eigenvalue weighted by atomic mass is 10.2. The van der Waals surface area contributed by atoms with Crippen molar-refractivity contribution in [3.63, 3.8) is 0 Å². The van der Waals surface area contributed by atoms with Gasteiger partial charge in [0.1, 0.15) is 0 Å².